The topological polar surface area (TPSA) is 26.3 Å². The molecule has 0 radical (unpaired) electrons. The Morgan fingerprint density at radius 1 is 1.28 bits per heavy atom. The van der Waals surface area contributed by atoms with Gasteiger partial charge in [0.15, 0.2) is 5.78 Å². The lowest BCUT2D eigenvalue weighted by atomic mass is 9.86. The molecule has 0 atom stereocenters. The average molecular weight is 313 g/mol. The molecule has 1 rings (SSSR count). The number of halogens is 1. The Morgan fingerprint density at radius 3 is 2.39 bits per heavy atom. The zero-order valence-corrected chi connectivity index (χ0v) is 12.9. The number of ketones is 1. The zero-order valence-electron chi connectivity index (χ0n) is 11.3. The number of ether oxygens (including phenoxy) is 1. The normalized spacial score (nSPS) is 11.3. The second-order valence-electron chi connectivity index (χ2n) is 4.68. The van der Waals surface area contributed by atoms with Crippen LogP contribution in [-0.2, 0) is 0 Å². The molecule has 0 saturated carbocycles. The summed E-state index contributed by atoms with van der Waals surface area (Å²) in [5, 5.41) is 0.912. The van der Waals surface area contributed by atoms with Crippen LogP contribution in [0.3, 0.4) is 0 Å². The summed E-state index contributed by atoms with van der Waals surface area (Å²) in [5.74, 6) is 0.736. The molecule has 3 heteroatoms. The van der Waals surface area contributed by atoms with E-state index in [0.29, 0.717) is 17.9 Å². The predicted octanol–water partition coefficient (Wildman–Crippen LogP) is 4.47. The first-order valence-electron chi connectivity index (χ1n) is 6.37. The van der Waals surface area contributed by atoms with Crippen LogP contribution in [0.4, 0.5) is 0 Å². The van der Waals surface area contributed by atoms with E-state index in [1.165, 1.54) is 0 Å². The van der Waals surface area contributed by atoms with Crippen molar-refractivity contribution in [3.05, 3.63) is 29.8 Å². The van der Waals surface area contributed by atoms with E-state index < -0.39 is 0 Å². The number of rotatable bonds is 7. The maximum atomic E-state index is 11.5. The van der Waals surface area contributed by atoms with Crippen molar-refractivity contribution in [2.75, 3.05) is 11.9 Å². The number of benzene rings is 1. The smallest absolute Gasteiger partial charge is 0.163 e. The standard InChI is InChI=1S/C15H21BrO2/c1-4-15(5-2,10-16)11-18-14-9-7-6-8-13(14)12(3)17/h6-9H,4-5,10-11H2,1-3H3. The fraction of sp³-hybridized carbons (Fsp3) is 0.533. The summed E-state index contributed by atoms with van der Waals surface area (Å²) < 4.78 is 5.89. The van der Waals surface area contributed by atoms with E-state index in [1.54, 1.807) is 6.92 Å². The van der Waals surface area contributed by atoms with Gasteiger partial charge < -0.3 is 4.74 Å². The molecule has 0 fully saturated rings. The minimum absolute atomic E-state index is 0.0445. The zero-order chi connectivity index (χ0) is 13.6. The van der Waals surface area contributed by atoms with Crippen molar-refractivity contribution in [1.29, 1.82) is 0 Å². The lowest BCUT2D eigenvalue weighted by molar-refractivity contribution is 0.100. The number of para-hydroxylation sites is 1. The van der Waals surface area contributed by atoms with Crippen molar-refractivity contribution in [3.63, 3.8) is 0 Å². The van der Waals surface area contributed by atoms with Crippen molar-refractivity contribution < 1.29 is 9.53 Å². The second kappa shape index (κ2) is 6.93. The number of hydrogen-bond acceptors (Lipinski definition) is 2. The minimum atomic E-state index is 0.0445. The molecule has 0 spiro atoms. The first kappa shape index (κ1) is 15.2. The van der Waals surface area contributed by atoms with Gasteiger partial charge in [-0.2, -0.15) is 0 Å². The molecule has 0 heterocycles. The summed E-state index contributed by atoms with van der Waals surface area (Å²) in [7, 11) is 0. The molecule has 0 unspecified atom stereocenters. The lowest BCUT2D eigenvalue weighted by Gasteiger charge is -2.29. The van der Waals surface area contributed by atoms with Crippen LogP contribution in [-0.4, -0.2) is 17.7 Å². The third-order valence-electron chi connectivity index (χ3n) is 3.58. The van der Waals surface area contributed by atoms with Gasteiger partial charge in [-0.05, 0) is 31.9 Å². The van der Waals surface area contributed by atoms with Crippen LogP contribution in [0.5, 0.6) is 5.75 Å². The van der Waals surface area contributed by atoms with Crippen LogP contribution >= 0.6 is 15.9 Å². The number of Topliss-reactive ketones (excluding diaryl/α,β-unsaturated/α-hetero) is 1. The van der Waals surface area contributed by atoms with Gasteiger partial charge in [0.05, 0.1) is 12.2 Å². The fourth-order valence-corrected chi connectivity index (χ4v) is 2.75. The fourth-order valence-electron chi connectivity index (χ4n) is 1.80. The molecular formula is C15H21BrO2. The molecule has 0 aliphatic heterocycles. The van der Waals surface area contributed by atoms with Crippen LogP contribution in [0.15, 0.2) is 24.3 Å². The average Bonchev–Trinajstić information content (AvgIpc) is 2.41. The van der Waals surface area contributed by atoms with E-state index in [1.807, 2.05) is 24.3 Å². The molecule has 1 aromatic rings. The van der Waals surface area contributed by atoms with Gasteiger partial charge >= 0.3 is 0 Å². The minimum Gasteiger partial charge on any atom is -0.492 e. The highest BCUT2D eigenvalue weighted by atomic mass is 79.9. The number of hydrogen-bond donors (Lipinski definition) is 0. The summed E-state index contributed by atoms with van der Waals surface area (Å²) in [4.78, 5) is 11.5. The summed E-state index contributed by atoms with van der Waals surface area (Å²) in [6, 6.07) is 7.43. The molecule has 18 heavy (non-hydrogen) atoms. The Bertz CT molecular complexity index is 389. The largest absolute Gasteiger partial charge is 0.492 e. The monoisotopic (exact) mass is 312 g/mol. The first-order valence-corrected chi connectivity index (χ1v) is 7.49. The molecule has 2 nitrogen and oxygen atoms in total. The highest BCUT2D eigenvalue weighted by molar-refractivity contribution is 9.09. The maximum Gasteiger partial charge on any atom is 0.163 e. The Kier molecular flexibility index (Phi) is 5.86. The molecule has 0 bridgehead atoms. The van der Waals surface area contributed by atoms with E-state index in [-0.39, 0.29) is 11.2 Å². The number of alkyl halides is 1. The molecule has 0 N–H and O–H groups in total. The van der Waals surface area contributed by atoms with Crippen molar-refractivity contribution in [2.45, 2.75) is 33.6 Å². The molecule has 0 aliphatic carbocycles. The van der Waals surface area contributed by atoms with Gasteiger partial charge in [0.1, 0.15) is 5.75 Å². The second-order valence-corrected chi connectivity index (χ2v) is 5.24. The third kappa shape index (κ3) is 3.58. The summed E-state index contributed by atoms with van der Waals surface area (Å²) in [6.45, 7) is 6.55. The first-order chi connectivity index (χ1) is 8.58. The van der Waals surface area contributed by atoms with Gasteiger partial charge in [-0.15, -0.1) is 0 Å². The van der Waals surface area contributed by atoms with Gasteiger partial charge in [0, 0.05) is 10.7 Å². The maximum absolute atomic E-state index is 11.5. The number of carbonyl (C=O) groups excluding carboxylic acids is 1. The van der Waals surface area contributed by atoms with Gasteiger partial charge in [-0.25, -0.2) is 0 Å². The van der Waals surface area contributed by atoms with E-state index in [2.05, 4.69) is 29.8 Å². The lowest BCUT2D eigenvalue weighted by Crippen LogP contribution is -2.29. The predicted molar refractivity (Wildman–Crippen MR) is 78.8 cm³/mol. The Morgan fingerprint density at radius 2 is 1.89 bits per heavy atom. The molecule has 0 saturated heterocycles. The Hall–Kier alpha value is -0.830. The number of carbonyl (C=O) groups is 1. The van der Waals surface area contributed by atoms with E-state index in [9.17, 15) is 4.79 Å². The van der Waals surface area contributed by atoms with Crippen molar-refractivity contribution in [2.24, 2.45) is 5.41 Å². The quantitative estimate of drug-likeness (QED) is 0.548. The van der Waals surface area contributed by atoms with Gasteiger partial charge in [0.25, 0.3) is 0 Å². The highest BCUT2D eigenvalue weighted by Gasteiger charge is 2.26. The van der Waals surface area contributed by atoms with E-state index >= 15 is 0 Å². The molecular weight excluding hydrogens is 292 g/mol. The SMILES string of the molecule is CCC(CC)(CBr)COc1ccccc1C(C)=O. The summed E-state index contributed by atoms with van der Waals surface area (Å²) in [5.41, 5.74) is 0.803. The Balaban J connectivity index is 2.83. The molecule has 0 amide bonds. The van der Waals surface area contributed by atoms with Gasteiger partial charge in [0.2, 0.25) is 0 Å². The Labute approximate surface area is 118 Å². The van der Waals surface area contributed by atoms with E-state index in [0.717, 1.165) is 18.2 Å². The van der Waals surface area contributed by atoms with Crippen LogP contribution in [0.1, 0.15) is 44.0 Å². The summed E-state index contributed by atoms with van der Waals surface area (Å²) in [6.07, 6.45) is 2.11. The van der Waals surface area contributed by atoms with Crippen molar-refractivity contribution in [1.82, 2.24) is 0 Å². The van der Waals surface area contributed by atoms with Crippen LogP contribution < -0.4 is 4.74 Å². The highest BCUT2D eigenvalue weighted by Crippen LogP contribution is 2.30. The van der Waals surface area contributed by atoms with Crippen LogP contribution in [0, 0.1) is 5.41 Å². The molecule has 100 valence electrons. The molecule has 0 aliphatic rings. The van der Waals surface area contributed by atoms with E-state index in [4.69, 9.17) is 4.74 Å². The van der Waals surface area contributed by atoms with Crippen molar-refractivity contribution in [3.8, 4) is 5.75 Å². The molecule has 1 aromatic carbocycles. The van der Waals surface area contributed by atoms with Gasteiger partial charge in [-0.3, -0.25) is 4.79 Å². The van der Waals surface area contributed by atoms with Gasteiger partial charge in [-0.1, -0.05) is 41.9 Å². The van der Waals surface area contributed by atoms with Crippen molar-refractivity contribution >= 4 is 21.7 Å². The van der Waals surface area contributed by atoms with Crippen LogP contribution in [0.2, 0.25) is 0 Å². The third-order valence-corrected chi connectivity index (χ3v) is 4.77. The summed E-state index contributed by atoms with van der Waals surface area (Å²) >= 11 is 3.57. The molecule has 0 aromatic heterocycles. The van der Waals surface area contributed by atoms with Crippen LogP contribution in [0.25, 0.3) is 0 Å².